The molecule has 1 aromatic heterocycles. The maximum Gasteiger partial charge on any atom is 0.248 e. The quantitative estimate of drug-likeness (QED) is 0.535. The maximum absolute atomic E-state index is 12.7. The largest absolute Gasteiger partial charge is 0.341 e. The van der Waals surface area contributed by atoms with Crippen molar-refractivity contribution in [1.29, 1.82) is 0 Å². The Hall–Kier alpha value is -1.65. The Bertz CT molecular complexity index is 782. The number of hydrogen-bond donors (Lipinski definition) is 2. The lowest BCUT2D eigenvalue weighted by Gasteiger charge is -2.29. The summed E-state index contributed by atoms with van der Waals surface area (Å²) in [4.78, 5) is 8.23. The molecule has 7 nitrogen and oxygen atoms in total. The van der Waals surface area contributed by atoms with Crippen molar-refractivity contribution in [2.24, 2.45) is 5.73 Å². The van der Waals surface area contributed by atoms with E-state index in [0.29, 0.717) is 6.61 Å². The van der Waals surface area contributed by atoms with E-state index in [2.05, 4.69) is 34.3 Å². The number of sulfonamides is 1. The molecule has 2 rings (SSSR count). The average molecular weight is 381 g/mol. The molecule has 1 heterocycles. The topological polar surface area (TPSA) is 107 Å². The predicted molar refractivity (Wildman–Crippen MR) is 98.8 cm³/mol. The van der Waals surface area contributed by atoms with Gasteiger partial charge in [0.2, 0.25) is 15.9 Å². The number of nitrogens with one attached hydrogen (secondary N) is 1. The SMILES string of the molecule is C[Si](C)(C)CCOC(N)(NS(=O)(=O)c1ccccc1)c1ncccn1. The minimum absolute atomic E-state index is 0.0603. The smallest absolute Gasteiger partial charge is 0.248 e. The van der Waals surface area contributed by atoms with Crippen LogP contribution in [-0.4, -0.2) is 33.1 Å². The predicted octanol–water partition coefficient (Wildman–Crippen LogP) is 1.88. The molecule has 0 radical (unpaired) electrons. The van der Waals surface area contributed by atoms with Crippen molar-refractivity contribution >= 4 is 18.1 Å². The molecule has 0 saturated heterocycles. The van der Waals surface area contributed by atoms with Gasteiger partial charge in [-0.15, -0.1) is 0 Å². The second-order valence-electron chi connectivity index (χ2n) is 6.89. The lowest BCUT2D eigenvalue weighted by atomic mass is 10.4. The van der Waals surface area contributed by atoms with Gasteiger partial charge in [-0.25, -0.2) is 18.4 Å². The summed E-state index contributed by atoms with van der Waals surface area (Å²) in [6.07, 6.45) is 2.98. The van der Waals surface area contributed by atoms with Gasteiger partial charge in [-0.3, -0.25) is 5.73 Å². The van der Waals surface area contributed by atoms with Crippen molar-refractivity contribution in [1.82, 2.24) is 14.7 Å². The van der Waals surface area contributed by atoms with Crippen molar-refractivity contribution < 1.29 is 13.2 Å². The second-order valence-corrected chi connectivity index (χ2v) is 14.2. The standard InChI is InChI=1S/C16H24N4O3SSi/c1-25(2,3)13-12-23-16(17,15-18-10-7-11-19-15)20-24(21,22)14-8-5-4-6-9-14/h4-11,20H,12-13,17H2,1-3H3. The van der Waals surface area contributed by atoms with Crippen molar-refractivity contribution in [3.8, 4) is 0 Å². The molecule has 0 aliphatic heterocycles. The Morgan fingerprint density at radius 2 is 1.72 bits per heavy atom. The molecular weight excluding hydrogens is 356 g/mol. The molecule has 0 amide bonds. The molecule has 1 aromatic carbocycles. The summed E-state index contributed by atoms with van der Waals surface area (Å²) in [5.74, 6) is -1.78. The first-order valence-corrected chi connectivity index (χ1v) is 13.1. The number of nitrogens with two attached hydrogens (primary N) is 1. The summed E-state index contributed by atoms with van der Waals surface area (Å²) in [6.45, 7) is 6.90. The van der Waals surface area contributed by atoms with Gasteiger partial charge < -0.3 is 4.74 Å². The first-order chi connectivity index (χ1) is 11.6. The van der Waals surface area contributed by atoms with Crippen LogP contribution in [0.1, 0.15) is 5.82 Å². The van der Waals surface area contributed by atoms with E-state index in [0.717, 1.165) is 6.04 Å². The van der Waals surface area contributed by atoms with Crippen LogP contribution in [0.15, 0.2) is 53.7 Å². The normalized spacial score (nSPS) is 14.9. The highest BCUT2D eigenvalue weighted by atomic mass is 32.2. The van der Waals surface area contributed by atoms with Gasteiger partial charge >= 0.3 is 0 Å². The number of hydrogen-bond acceptors (Lipinski definition) is 6. The van der Waals surface area contributed by atoms with Gasteiger partial charge in [-0.05, 0) is 24.2 Å². The lowest BCUT2D eigenvalue weighted by molar-refractivity contribution is -0.0560. The molecule has 1 unspecified atom stereocenters. The first kappa shape index (κ1) is 19.7. The van der Waals surface area contributed by atoms with E-state index in [1.807, 2.05) is 0 Å². The van der Waals surface area contributed by atoms with Gasteiger partial charge in [0, 0.05) is 27.1 Å². The number of rotatable bonds is 8. The molecule has 1 atom stereocenters. The summed E-state index contributed by atoms with van der Waals surface area (Å²) in [5.41, 5.74) is 6.25. The van der Waals surface area contributed by atoms with E-state index in [1.54, 1.807) is 24.3 Å². The van der Waals surface area contributed by atoms with Crippen molar-refractivity contribution in [2.45, 2.75) is 36.4 Å². The Kier molecular flexibility index (Phi) is 6.06. The minimum Gasteiger partial charge on any atom is -0.341 e. The molecule has 9 heteroatoms. The Morgan fingerprint density at radius 1 is 1.12 bits per heavy atom. The third-order valence-corrected chi connectivity index (χ3v) is 6.59. The van der Waals surface area contributed by atoms with E-state index in [4.69, 9.17) is 10.5 Å². The molecular formula is C16H24N4O3SSi. The monoisotopic (exact) mass is 380 g/mol. The van der Waals surface area contributed by atoms with Crippen LogP contribution in [-0.2, 0) is 20.6 Å². The van der Waals surface area contributed by atoms with Crippen LogP contribution in [0.3, 0.4) is 0 Å². The Labute approximate surface area is 149 Å². The van der Waals surface area contributed by atoms with Gasteiger partial charge in [0.25, 0.3) is 0 Å². The van der Waals surface area contributed by atoms with Crippen LogP contribution in [0.25, 0.3) is 0 Å². The fourth-order valence-corrected chi connectivity index (χ4v) is 3.90. The number of benzene rings is 1. The molecule has 0 aliphatic rings. The fourth-order valence-electron chi connectivity index (χ4n) is 2.01. The van der Waals surface area contributed by atoms with E-state index < -0.39 is 23.9 Å². The van der Waals surface area contributed by atoms with Crippen LogP contribution in [0, 0.1) is 0 Å². The zero-order valence-electron chi connectivity index (χ0n) is 14.6. The molecule has 0 aliphatic carbocycles. The third-order valence-electron chi connectivity index (χ3n) is 3.42. The molecule has 3 N–H and O–H groups in total. The molecule has 2 aromatic rings. The highest BCUT2D eigenvalue weighted by Crippen LogP contribution is 2.19. The Morgan fingerprint density at radius 3 is 2.28 bits per heavy atom. The zero-order chi connectivity index (χ0) is 18.6. The molecule has 25 heavy (non-hydrogen) atoms. The van der Waals surface area contributed by atoms with Gasteiger partial charge in [0.15, 0.2) is 5.82 Å². The lowest BCUT2D eigenvalue weighted by Crippen LogP contribution is -2.56. The van der Waals surface area contributed by atoms with Crippen LogP contribution < -0.4 is 10.5 Å². The molecule has 0 spiro atoms. The zero-order valence-corrected chi connectivity index (χ0v) is 16.5. The van der Waals surface area contributed by atoms with Crippen molar-refractivity contribution in [3.63, 3.8) is 0 Å². The van der Waals surface area contributed by atoms with Crippen molar-refractivity contribution in [3.05, 3.63) is 54.6 Å². The summed E-state index contributed by atoms with van der Waals surface area (Å²) in [6, 6.07) is 10.4. The van der Waals surface area contributed by atoms with Crippen LogP contribution in [0.4, 0.5) is 0 Å². The minimum atomic E-state index is -3.90. The average Bonchev–Trinajstić information content (AvgIpc) is 2.55. The summed E-state index contributed by atoms with van der Waals surface area (Å²) in [5, 5.41) is 0. The highest BCUT2D eigenvalue weighted by molar-refractivity contribution is 7.89. The third kappa shape index (κ3) is 5.68. The van der Waals surface area contributed by atoms with E-state index in [9.17, 15) is 8.42 Å². The summed E-state index contributed by atoms with van der Waals surface area (Å²) < 4.78 is 33.5. The Balaban J connectivity index is 2.29. The van der Waals surface area contributed by atoms with Crippen LogP contribution >= 0.6 is 0 Å². The number of nitrogens with zero attached hydrogens (tertiary/aromatic N) is 2. The summed E-state index contributed by atoms with van der Waals surface area (Å²) >= 11 is 0. The number of aromatic nitrogens is 2. The highest BCUT2D eigenvalue weighted by Gasteiger charge is 2.37. The molecule has 0 saturated carbocycles. The van der Waals surface area contributed by atoms with Crippen LogP contribution in [0.5, 0.6) is 0 Å². The van der Waals surface area contributed by atoms with E-state index >= 15 is 0 Å². The van der Waals surface area contributed by atoms with Crippen molar-refractivity contribution in [2.75, 3.05) is 6.61 Å². The summed E-state index contributed by atoms with van der Waals surface area (Å²) in [7, 11) is -5.28. The van der Waals surface area contributed by atoms with E-state index in [-0.39, 0.29) is 10.7 Å². The fraction of sp³-hybridized carbons (Fsp3) is 0.375. The van der Waals surface area contributed by atoms with Gasteiger partial charge in [-0.1, -0.05) is 37.8 Å². The van der Waals surface area contributed by atoms with Gasteiger partial charge in [0.1, 0.15) is 0 Å². The molecule has 136 valence electrons. The van der Waals surface area contributed by atoms with E-state index in [1.165, 1.54) is 24.5 Å². The molecule has 0 bridgehead atoms. The first-order valence-electron chi connectivity index (χ1n) is 7.92. The van der Waals surface area contributed by atoms with Gasteiger partial charge in [0.05, 0.1) is 4.90 Å². The van der Waals surface area contributed by atoms with Gasteiger partial charge in [-0.2, -0.15) is 4.72 Å². The maximum atomic E-state index is 12.7. The second kappa shape index (κ2) is 7.71. The number of ether oxygens (including phenoxy) is 1. The molecule has 0 fully saturated rings. The van der Waals surface area contributed by atoms with Crippen LogP contribution in [0.2, 0.25) is 25.7 Å².